The average molecular weight is 936 g/mol. The molecule has 1 rings (SSSR count). The number of aliphatic hydroxyl groups is 1. The molecule has 0 spiro atoms. The van der Waals surface area contributed by atoms with Gasteiger partial charge in [-0.05, 0) is 65.7 Å². The highest BCUT2D eigenvalue weighted by Crippen LogP contribution is 2.25. The molecule has 66 heavy (non-hydrogen) atoms. The molecule has 1 N–H and O–H groups in total. The molecular weight excluding hydrogens is 825 g/mol. The van der Waals surface area contributed by atoms with Gasteiger partial charge >= 0.3 is 0 Å². The highest BCUT2D eigenvalue weighted by molar-refractivity contribution is 5.13. The van der Waals surface area contributed by atoms with Gasteiger partial charge in [0, 0.05) is 13.2 Å². The number of hydrogen-bond acceptors (Lipinski definition) is 8. The van der Waals surface area contributed by atoms with Crippen molar-refractivity contribution in [3.8, 4) is 0 Å². The lowest BCUT2D eigenvalue weighted by Crippen LogP contribution is -2.33. The fourth-order valence-corrected chi connectivity index (χ4v) is 8.79. The van der Waals surface area contributed by atoms with Gasteiger partial charge in [0.15, 0.2) is 6.29 Å². The van der Waals surface area contributed by atoms with Crippen LogP contribution < -0.4 is 0 Å². The zero-order valence-corrected chi connectivity index (χ0v) is 45.1. The summed E-state index contributed by atoms with van der Waals surface area (Å²) in [4.78, 5) is 0. The van der Waals surface area contributed by atoms with Crippen LogP contribution in [-0.2, 0) is 39.8 Å². The quantitative estimate of drug-likeness (QED) is 0.0511. The van der Waals surface area contributed by atoms with Crippen molar-refractivity contribution in [2.45, 2.75) is 217 Å². The SMILES string of the molecule is CC(C)CCCC(C)CCCC(C)CCCC(C)CCOC[C@@H](COC(COCc1ccccc1)OCCOCCOCCO)OCCC(C)CCCC(C)CCCC(C)CCCC(C)C. The third-order valence-electron chi connectivity index (χ3n) is 13.5. The Morgan fingerprint density at radius 3 is 1.26 bits per heavy atom. The van der Waals surface area contributed by atoms with E-state index in [1.165, 1.54) is 116 Å². The number of benzene rings is 1. The van der Waals surface area contributed by atoms with E-state index in [2.05, 4.69) is 81.4 Å². The maximum absolute atomic E-state index is 8.93. The Hall–Kier alpha value is -1.10. The number of ether oxygens (including phenoxy) is 7. The van der Waals surface area contributed by atoms with E-state index in [1.807, 2.05) is 18.2 Å². The van der Waals surface area contributed by atoms with Crippen LogP contribution in [0.3, 0.4) is 0 Å². The van der Waals surface area contributed by atoms with Gasteiger partial charge in [-0.3, -0.25) is 0 Å². The Morgan fingerprint density at radius 2 is 0.788 bits per heavy atom. The van der Waals surface area contributed by atoms with Crippen LogP contribution in [0.1, 0.15) is 203 Å². The molecule has 0 saturated heterocycles. The number of hydrogen-bond donors (Lipinski definition) is 1. The molecular formula is C58H110O8. The standard InChI is InChI=1S/C58H110O8/c1-48(2)20-14-22-50(5)24-16-26-52(7)28-18-30-54(9)34-37-62-45-57(64-38-35-55(10)31-19-29-53(8)27-17-25-51(6)23-15-21-49(3)4)46-66-58(47-63-44-56-32-12-11-13-33-56)65-43-42-61-41-40-60-39-36-59/h11-13,32-33,48-55,57-59H,14-31,34-47H2,1-10H3/t50?,51?,52?,53?,54?,55?,57-,58?/m0/s1. The Bertz CT molecular complexity index is 1140. The Kier molecular flexibility index (Phi) is 41.8. The van der Waals surface area contributed by atoms with E-state index >= 15 is 0 Å². The van der Waals surface area contributed by atoms with Gasteiger partial charge in [-0.1, -0.05) is 215 Å². The first-order valence-electron chi connectivity index (χ1n) is 27.7. The molecule has 1 aromatic rings. The largest absolute Gasteiger partial charge is 0.394 e. The molecule has 0 radical (unpaired) electrons. The summed E-state index contributed by atoms with van der Waals surface area (Å²) >= 11 is 0. The summed E-state index contributed by atoms with van der Waals surface area (Å²) in [6.07, 6.45) is 25.6. The predicted molar refractivity (Wildman–Crippen MR) is 278 cm³/mol. The van der Waals surface area contributed by atoms with Crippen LogP contribution >= 0.6 is 0 Å². The molecule has 8 heteroatoms. The third-order valence-corrected chi connectivity index (χ3v) is 13.5. The molecule has 0 aliphatic heterocycles. The molecule has 0 bridgehead atoms. The number of rotatable bonds is 49. The maximum atomic E-state index is 8.93. The summed E-state index contributed by atoms with van der Waals surface area (Å²) in [6, 6.07) is 10.2. The molecule has 0 fully saturated rings. The highest BCUT2D eigenvalue weighted by Gasteiger charge is 2.18. The Labute approximate surface area is 409 Å². The summed E-state index contributed by atoms with van der Waals surface area (Å²) in [7, 11) is 0. The van der Waals surface area contributed by atoms with Crippen LogP contribution in [0.4, 0.5) is 0 Å². The first-order chi connectivity index (χ1) is 31.9. The van der Waals surface area contributed by atoms with Crippen LogP contribution in [0.15, 0.2) is 30.3 Å². The van der Waals surface area contributed by atoms with Crippen molar-refractivity contribution in [3.63, 3.8) is 0 Å². The van der Waals surface area contributed by atoms with Gasteiger partial charge in [0.2, 0.25) is 0 Å². The summed E-state index contributed by atoms with van der Waals surface area (Å²) in [5.41, 5.74) is 1.11. The second kappa shape index (κ2) is 43.9. The lowest BCUT2D eigenvalue weighted by atomic mass is 9.91. The van der Waals surface area contributed by atoms with E-state index in [4.69, 9.17) is 38.3 Å². The minimum Gasteiger partial charge on any atom is -0.394 e. The first kappa shape index (κ1) is 62.9. The van der Waals surface area contributed by atoms with Crippen molar-refractivity contribution < 1.29 is 38.3 Å². The van der Waals surface area contributed by atoms with Gasteiger partial charge < -0.3 is 38.3 Å². The van der Waals surface area contributed by atoms with Crippen LogP contribution in [0.2, 0.25) is 0 Å². The predicted octanol–water partition coefficient (Wildman–Crippen LogP) is 14.9. The second-order valence-corrected chi connectivity index (χ2v) is 21.7. The van der Waals surface area contributed by atoms with Crippen molar-refractivity contribution >= 4 is 0 Å². The summed E-state index contributed by atoms with van der Waals surface area (Å²) < 4.78 is 42.4. The van der Waals surface area contributed by atoms with E-state index < -0.39 is 6.29 Å². The maximum Gasteiger partial charge on any atom is 0.181 e. The highest BCUT2D eigenvalue weighted by atomic mass is 16.7. The molecule has 0 amide bonds. The summed E-state index contributed by atoms with van der Waals surface area (Å²) in [6.45, 7) is 29.0. The van der Waals surface area contributed by atoms with Gasteiger partial charge in [-0.2, -0.15) is 0 Å². The molecule has 0 saturated carbocycles. The fraction of sp³-hybridized carbons (Fsp3) is 0.897. The van der Waals surface area contributed by atoms with Crippen LogP contribution in [0.5, 0.6) is 0 Å². The van der Waals surface area contributed by atoms with Crippen molar-refractivity contribution in [2.75, 3.05) is 72.7 Å². The van der Waals surface area contributed by atoms with Crippen LogP contribution in [0.25, 0.3) is 0 Å². The molecule has 7 unspecified atom stereocenters. The summed E-state index contributed by atoms with van der Waals surface area (Å²) in [5.74, 6) is 6.26. The van der Waals surface area contributed by atoms with E-state index in [0.717, 1.165) is 60.5 Å². The van der Waals surface area contributed by atoms with E-state index in [9.17, 15) is 0 Å². The zero-order chi connectivity index (χ0) is 48.5. The normalized spacial score (nSPS) is 15.8. The van der Waals surface area contributed by atoms with Gasteiger partial charge in [0.25, 0.3) is 0 Å². The van der Waals surface area contributed by atoms with Gasteiger partial charge in [-0.15, -0.1) is 0 Å². The second-order valence-electron chi connectivity index (χ2n) is 21.7. The van der Waals surface area contributed by atoms with E-state index in [0.29, 0.717) is 77.9 Å². The Balaban J connectivity index is 2.62. The zero-order valence-electron chi connectivity index (χ0n) is 45.1. The lowest BCUT2D eigenvalue weighted by molar-refractivity contribution is -0.198. The summed E-state index contributed by atoms with van der Waals surface area (Å²) in [5, 5.41) is 8.93. The monoisotopic (exact) mass is 935 g/mol. The molecule has 0 aliphatic rings. The van der Waals surface area contributed by atoms with Crippen LogP contribution in [0, 0.1) is 47.3 Å². The molecule has 8 atom stereocenters. The van der Waals surface area contributed by atoms with Crippen LogP contribution in [-0.4, -0.2) is 90.2 Å². The molecule has 0 heterocycles. The average Bonchev–Trinajstić information content (AvgIpc) is 3.27. The third kappa shape index (κ3) is 40.8. The molecule has 8 nitrogen and oxygen atoms in total. The lowest BCUT2D eigenvalue weighted by Gasteiger charge is -2.24. The van der Waals surface area contributed by atoms with Crippen molar-refractivity contribution in [1.82, 2.24) is 0 Å². The van der Waals surface area contributed by atoms with Gasteiger partial charge in [0.1, 0.15) is 6.10 Å². The van der Waals surface area contributed by atoms with Gasteiger partial charge in [0.05, 0.1) is 66.1 Å². The Morgan fingerprint density at radius 1 is 0.364 bits per heavy atom. The minimum absolute atomic E-state index is 0.00897. The van der Waals surface area contributed by atoms with Crippen molar-refractivity contribution in [3.05, 3.63) is 35.9 Å². The molecule has 0 aromatic heterocycles. The van der Waals surface area contributed by atoms with Crippen molar-refractivity contribution in [2.24, 2.45) is 47.3 Å². The van der Waals surface area contributed by atoms with Gasteiger partial charge in [-0.25, -0.2) is 0 Å². The van der Waals surface area contributed by atoms with E-state index in [1.54, 1.807) is 0 Å². The van der Waals surface area contributed by atoms with E-state index in [-0.39, 0.29) is 12.7 Å². The first-order valence-corrected chi connectivity index (χ1v) is 27.7. The molecule has 390 valence electrons. The fourth-order valence-electron chi connectivity index (χ4n) is 8.79. The topological polar surface area (TPSA) is 84.8 Å². The smallest absolute Gasteiger partial charge is 0.181 e. The van der Waals surface area contributed by atoms with Crippen molar-refractivity contribution in [1.29, 1.82) is 0 Å². The number of aliphatic hydroxyl groups excluding tert-OH is 1. The molecule has 0 aliphatic carbocycles. The molecule has 1 aromatic carbocycles. The minimum atomic E-state index is -0.566.